The Balaban J connectivity index is 2.35. The fraction of sp³-hybridized carbons (Fsp3) is 0.333. The van der Waals surface area contributed by atoms with Crippen molar-refractivity contribution in [3.8, 4) is 0 Å². The van der Waals surface area contributed by atoms with Gasteiger partial charge in [0.25, 0.3) is 0 Å². The van der Waals surface area contributed by atoms with Gasteiger partial charge in [0.2, 0.25) is 0 Å². The van der Waals surface area contributed by atoms with Crippen molar-refractivity contribution in [2.45, 2.75) is 25.3 Å². The summed E-state index contributed by atoms with van der Waals surface area (Å²) in [6, 6.07) is 3.62. The summed E-state index contributed by atoms with van der Waals surface area (Å²) in [4.78, 5) is 0. The molecule has 0 amide bonds. The summed E-state index contributed by atoms with van der Waals surface area (Å²) < 4.78 is 5.72. The number of fused-ring (bicyclic) bond motifs is 1. The smallest absolute Gasteiger partial charge is 0.153 e. The molecular weight excluding hydrogens is 245 g/mol. The van der Waals surface area contributed by atoms with Crippen LogP contribution in [0.4, 0.5) is 0 Å². The third-order valence-corrected chi connectivity index (χ3v) is 3.49. The minimum atomic E-state index is 0.411. The molecule has 2 nitrogen and oxygen atoms in total. The van der Waals surface area contributed by atoms with E-state index in [0.29, 0.717) is 28.1 Å². The molecule has 0 spiro atoms. The summed E-state index contributed by atoms with van der Waals surface area (Å²) in [5.74, 6) is 1.43. The minimum Gasteiger partial charge on any atom is -0.458 e. The standard InChI is InChI=1S/C12H11Cl2NO/c13-7-3-8-11(6-1-2-6)10(5-15)16-12(8)9(14)4-7/h3-4,6H,1-2,5,15H2. The predicted molar refractivity (Wildman–Crippen MR) is 66.1 cm³/mol. The number of rotatable bonds is 2. The summed E-state index contributed by atoms with van der Waals surface area (Å²) in [6.07, 6.45) is 2.40. The highest BCUT2D eigenvalue weighted by atomic mass is 35.5. The normalized spacial score (nSPS) is 15.9. The molecule has 2 aromatic rings. The summed E-state index contributed by atoms with van der Waals surface area (Å²) in [7, 11) is 0. The number of hydrogen-bond acceptors (Lipinski definition) is 2. The van der Waals surface area contributed by atoms with Crippen molar-refractivity contribution in [1.29, 1.82) is 0 Å². The number of halogens is 2. The van der Waals surface area contributed by atoms with Crippen molar-refractivity contribution in [3.63, 3.8) is 0 Å². The van der Waals surface area contributed by atoms with E-state index in [1.165, 1.54) is 18.4 Å². The van der Waals surface area contributed by atoms with E-state index in [4.69, 9.17) is 33.4 Å². The van der Waals surface area contributed by atoms with E-state index in [9.17, 15) is 0 Å². The topological polar surface area (TPSA) is 39.2 Å². The van der Waals surface area contributed by atoms with E-state index in [-0.39, 0.29) is 0 Å². The van der Waals surface area contributed by atoms with Crippen molar-refractivity contribution in [1.82, 2.24) is 0 Å². The van der Waals surface area contributed by atoms with Gasteiger partial charge in [-0.2, -0.15) is 0 Å². The van der Waals surface area contributed by atoms with Gasteiger partial charge in [-0.25, -0.2) is 0 Å². The first-order chi connectivity index (χ1) is 7.70. The van der Waals surface area contributed by atoms with Crippen molar-refractivity contribution >= 4 is 34.2 Å². The van der Waals surface area contributed by atoms with Crippen LogP contribution in [0.5, 0.6) is 0 Å². The first-order valence-electron chi connectivity index (χ1n) is 5.31. The lowest BCUT2D eigenvalue weighted by molar-refractivity contribution is 0.546. The summed E-state index contributed by atoms with van der Waals surface area (Å²) in [5, 5.41) is 2.23. The van der Waals surface area contributed by atoms with Crippen molar-refractivity contribution in [3.05, 3.63) is 33.5 Å². The van der Waals surface area contributed by atoms with Crippen molar-refractivity contribution in [2.24, 2.45) is 5.73 Å². The molecule has 3 rings (SSSR count). The van der Waals surface area contributed by atoms with Gasteiger partial charge >= 0.3 is 0 Å². The van der Waals surface area contributed by atoms with Crippen molar-refractivity contribution in [2.75, 3.05) is 0 Å². The fourth-order valence-electron chi connectivity index (χ4n) is 2.16. The van der Waals surface area contributed by atoms with E-state index in [1.54, 1.807) is 6.07 Å². The van der Waals surface area contributed by atoms with Gasteiger partial charge in [0.05, 0.1) is 11.6 Å². The molecule has 1 aromatic carbocycles. The summed E-state index contributed by atoms with van der Waals surface area (Å²) in [6.45, 7) is 0.411. The van der Waals surface area contributed by atoms with Crippen LogP contribution >= 0.6 is 23.2 Å². The van der Waals surface area contributed by atoms with Crippen LogP contribution in [0, 0.1) is 0 Å². The molecule has 1 aromatic heterocycles. The van der Waals surface area contributed by atoms with E-state index in [1.807, 2.05) is 6.07 Å². The molecule has 0 bridgehead atoms. The molecule has 1 aliphatic carbocycles. The van der Waals surface area contributed by atoms with Gasteiger partial charge in [0.15, 0.2) is 5.58 Å². The lowest BCUT2D eigenvalue weighted by Gasteiger charge is -1.98. The molecule has 0 radical (unpaired) electrons. The third kappa shape index (κ3) is 1.53. The summed E-state index contributed by atoms with van der Waals surface area (Å²) >= 11 is 12.1. The molecule has 0 saturated heterocycles. The maximum atomic E-state index is 6.11. The Morgan fingerprint density at radius 3 is 2.69 bits per heavy atom. The number of furan rings is 1. The van der Waals surface area contributed by atoms with Gasteiger partial charge < -0.3 is 10.2 Å². The highest BCUT2D eigenvalue weighted by Gasteiger charge is 2.31. The largest absolute Gasteiger partial charge is 0.458 e. The molecule has 0 unspecified atom stereocenters. The van der Waals surface area contributed by atoms with Crippen LogP contribution in [-0.4, -0.2) is 0 Å². The Bertz CT molecular complexity index is 558. The van der Waals surface area contributed by atoms with Gasteiger partial charge in [-0.15, -0.1) is 0 Å². The average Bonchev–Trinajstić information content (AvgIpc) is 3.00. The lowest BCUT2D eigenvalue weighted by Crippen LogP contribution is -1.97. The predicted octanol–water partition coefficient (Wildman–Crippen LogP) is 4.08. The molecule has 0 atom stereocenters. The van der Waals surface area contributed by atoms with E-state index in [0.717, 1.165) is 11.1 Å². The molecule has 4 heteroatoms. The maximum absolute atomic E-state index is 6.11. The first-order valence-corrected chi connectivity index (χ1v) is 6.06. The van der Waals surface area contributed by atoms with Crippen LogP contribution in [0.2, 0.25) is 10.0 Å². The first kappa shape index (κ1) is 10.5. The van der Waals surface area contributed by atoms with Crippen LogP contribution in [0.15, 0.2) is 16.5 Å². The molecule has 1 heterocycles. The Morgan fingerprint density at radius 1 is 1.31 bits per heavy atom. The SMILES string of the molecule is NCc1oc2c(Cl)cc(Cl)cc2c1C1CC1. The van der Waals surface area contributed by atoms with Gasteiger partial charge in [0, 0.05) is 16.0 Å². The molecule has 1 fully saturated rings. The van der Waals surface area contributed by atoms with Gasteiger partial charge in [-0.3, -0.25) is 0 Å². The molecule has 2 N–H and O–H groups in total. The second kappa shape index (κ2) is 3.66. The number of hydrogen-bond donors (Lipinski definition) is 1. The van der Waals surface area contributed by atoms with E-state index < -0.39 is 0 Å². The van der Waals surface area contributed by atoms with Crippen LogP contribution < -0.4 is 5.73 Å². The van der Waals surface area contributed by atoms with Crippen LogP contribution in [0.25, 0.3) is 11.0 Å². The van der Waals surface area contributed by atoms with Crippen LogP contribution in [0.3, 0.4) is 0 Å². The van der Waals surface area contributed by atoms with Crippen LogP contribution in [-0.2, 0) is 6.54 Å². The van der Waals surface area contributed by atoms with E-state index >= 15 is 0 Å². The molecule has 1 aliphatic rings. The zero-order chi connectivity index (χ0) is 11.3. The average molecular weight is 256 g/mol. The Labute approximate surface area is 103 Å². The molecule has 16 heavy (non-hydrogen) atoms. The number of benzene rings is 1. The highest BCUT2D eigenvalue weighted by molar-refractivity contribution is 6.38. The van der Waals surface area contributed by atoms with Gasteiger partial charge in [-0.05, 0) is 30.9 Å². The lowest BCUT2D eigenvalue weighted by atomic mass is 10.1. The van der Waals surface area contributed by atoms with Gasteiger partial charge in [-0.1, -0.05) is 23.2 Å². The van der Waals surface area contributed by atoms with Gasteiger partial charge in [0.1, 0.15) is 5.76 Å². The molecule has 1 saturated carbocycles. The second-order valence-corrected chi connectivity index (χ2v) is 5.03. The molecular formula is C12H11Cl2NO. The Hall–Kier alpha value is -0.700. The molecule has 0 aliphatic heterocycles. The van der Waals surface area contributed by atoms with Crippen LogP contribution in [0.1, 0.15) is 30.1 Å². The zero-order valence-corrected chi connectivity index (χ0v) is 10.1. The van der Waals surface area contributed by atoms with Crippen molar-refractivity contribution < 1.29 is 4.42 Å². The third-order valence-electron chi connectivity index (χ3n) is 3.00. The zero-order valence-electron chi connectivity index (χ0n) is 8.59. The maximum Gasteiger partial charge on any atom is 0.153 e. The molecule has 84 valence electrons. The monoisotopic (exact) mass is 255 g/mol. The van der Waals surface area contributed by atoms with E-state index in [2.05, 4.69) is 0 Å². The summed E-state index contributed by atoms with van der Waals surface area (Å²) in [5.41, 5.74) is 7.62. The number of nitrogens with two attached hydrogens (primary N) is 1. The highest BCUT2D eigenvalue weighted by Crippen LogP contribution is 2.47. The minimum absolute atomic E-state index is 0.411. The quantitative estimate of drug-likeness (QED) is 0.879. The Kier molecular flexibility index (Phi) is 2.39. The second-order valence-electron chi connectivity index (χ2n) is 4.18. The fourth-order valence-corrected chi connectivity index (χ4v) is 2.70. The Morgan fingerprint density at radius 2 is 2.06 bits per heavy atom.